The summed E-state index contributed by atoms with van der Waals surface area (Å²) in [5.74, 6) is -0.334. The van der Waals surface area contributed by atoms with Crippen LogP contribution in [0.4, 0.5) is 5.69 Å². The number of ether oxygens (including phenoxy) is 1. The molecule has 8 nitrogen and oxygen atoms in total. The first kappa shape index (κ1) is 15.5. The molecule has 0 radical (unpaired) electrons. The summed E-state index contributed by atoms with van der Waals surface area (Å²) in [6.45, 7) is 2.76. The van der Waals surface area contributed by atoms with Crippen molar-refractivity contribution in [1.29, 1.82) is 0 Å². The van der Waals surface area contributed by atoms with E-state index in [9.17, 15) is 14.9 Å². The van der Waals surface area contributed by atoms with E-state index >= 15 is 0 Å². The summed E-state index contributed by atoms with van der Waals surface area (Å²) in [7, 11) is 1.60. The van der Waals surface area contributed by atoms with Crippen molar-refractivity contribution in [1.82, 2.24) is 15.2 Å². The van der Waals surface area contributed by atoms with Gasteiger partial charge in [0, 0.05) is 19.7 Å². The number of nitrogens with zero attached hydrogens (tertiary/aromatic N) is 2. The van der Waals surface area contributed by atoms with Crippen LogP contribution in [0.15, 0.2) is 12.3 Å². The lowest BCUT2D eigenvalue weighted by atomic mass is 10.1. The van der Waals surface area contributed by atoms with Crippen LogP contribution in [-0.4, -0.2) is 47.7 Å². The number of amides is 1. The molecule has 2 N–H and O–H groups in total. The zero-order chi connectivity index (χ0) is 15.2. The number of hydrogen-bond donors (Lipinski definition) is 2. The highest BCUT2D eigenvalue weighted by atomic mass is 16.6. The third kappa shape index (κ3) is 4.27. The molecule has 0 unspecified atom stereocenters. The molecule has 2 heterocycles. The van der Waals surface area contributed by atoms with E-state index in [4.69, 9.17) is 4.74 Å². The maximum atomic E-state index is 11.9. The van der Waals surface area contributed by atoms with E-state index in [0.717, 1.165) is 25.9 Å². The minimum atomic E-state index is -0.517. The van der Waals surface area contributed by atoms with Gasteiger partial charge in [0.15, 0.2) is 0 Å². The summed E-state index contributed by atoms with van der Waals surface area (Å²) in [6, 6.07) is 1.27. The lowest BCUT2D eigenvalue weighted by Crippen LogP contribution is -2.35. The number of carbonyl (C=O) groups excluding carboxylic acids is 1. The van der Waals surface area contributed by atoms with Crippen molar-refractivity contribution in [3.05, 3.63) is 28.1 Å². The number of hydrogen-bond acceptors (Lipinski definition) is 5. The summed E-state index contributed by atoms with van der Waals surface area (Å²) in [6.07, 6.45) is 3.54. The second kappa shape index (κ2) is 7.19. The van der Waals surface area contributed by atoms with Gasteiger partial charge in [-0.15, -0.1) is 0 Å². The van der Waals surface area contributed by atoms with Gasteiger partial charge in [-0.1, -0.05) is 0 Å². The Bertz CT molecular complexity index is 508. The molecule has 0 atom stereocenters. The Morgan fingerprint density at radius 2 is 2.29 bits per heavy atom. The minimum Gasteiger partial charge on any atom is -0.376 e. The summed E-state index contributed by atoms with van der Waals surface area (Å²) in [4.78, 5) is 22.1. The van der Waals surface area contributed by atoms with E-state index in [1.165, 1.54) is 16.8 Å². The van der Waals surface area contributed by atoms with Gasteiger partial charge in [-0.05, 0) is 25.9 Å². The first-order valence-electron chi connectivity index (χ1n) is 6.99. The molecule has 116 valence electrons. The van der Waals surface area contributed by atoms with Crippen LogP contribution in [0.3, 0.4) is 0 Å². The van der Waals surface area contributed by atoms with Gasteiger partial charge in [-0.3, -0.25) is 14.9 Å². The molecule has 0 bridgehead atoms. The van der Waals surface area contributed by atoms with Gasteiger partial charge in [0.2, 0.25) is 0 Å². The Kier molecular flexibility index (Phi) is 5.29. The van der Waals surface area contributed by atoms with E-state index in [1.54, 1.807) is 7.05 Å². The fourth-order valence-electron chi connectivity index (χ4n) is 2.32. The highest BCUT2D eigenvalue weighted by Crippen LogP contribution is 2.14. The van der Waals surface area contributed by atoms with Crippen LogP contribution in [0, 0.1) is 10.1 Å². The summed E-state index contributed by atoms with van der Waals surface area (Å²) >= 11 is 0. The van der Waals surface area contributed by atoms with Crippen LogP contribution in [0.5, 0.6) is 0 Å². The van der Waals surface area contributed by atoms with E-state index in [-0.39, 0.29) is 23.4 Å². The number of aryl methyl sites for hydroxylation is 1. The standard InChI is InChI=1S/C13H20N4O4/c1-16-9-10(17(19)20)8-12(16)13(18)15-6-7-21-11-2-4-14-5-3-11/h8-9,11,14H,2-7H2,1H3,(H,15,18). The maximum Gasteiger partial charge on any atom is 0.287 e. The third-order valence-corrected chi connectivity index (χ3v) is 3.46. The Balaban J connectivity index is 1.75. The Morgan fingerprint density at radius 1 is 1.57 bits per heavy atom. The van der Waals surface area contributed by atoms with Crippen molar-refractivity contribution >= 4 is 11.6 Å². The third-order valence-electron chi connectivity index (χ3n) is 3.46. The van der Waals surface area contributed by atoms with Gasteiger partial charge >= 0.3 is 0 Å². The van der Waals surface area contributed by atoms with Gasteiger partial charge in [0.25, 0.3) is 11.6 Å². The molecule has 21 heavy (non-hydrogen) atoms. The molecule has 1 amide bonds. The number of rotatable bonds is 6. The fourth-order valence-corrected chi connectivity index (χ4v) is 2.32. The topological polar surface area (TPSA) is 98.4 Å². The maximum absolute atomic E-state index is 11.9. The second-order valence-corrected chi connectivity index (χ2v) is 5.03. The molecular formula is C13H20N4O4. The van der Waals surface area contributed by atoms with Gasteiger partial charge in [-0.2, -0.15) is 0 Å². The lowest BCUT2D eigenvalue weighted by molar-refractivity contribution is -0.384. The van der Waals surface area contributed by atoms with E-state index in [0.29, 0.717) is 13.2 Å². The molecule has 0 aromatic carbocycles. The second-order valence-electron chi connectivity index (χ2n) is 5.03. The van der Waals surface area contributed by atoms with E-state index in [2.05, 4.69) is 10.6 Å². The molecular weight excluding hydrogens is 276 g/mol. The van der Waals surface area contributed by atoms with Crippen molar-refractivity contribution in [2.45, 2.75) is 18.9 Å². The predicted octanol–water partition coefficient (Wildman–Crippen LogP) is 0.432. The van der Waals surface area contributed by atoms with Gasteiger partial charge in [0.05, 0.1) is 23.8 Å². The SMILES string of the molecule is Cn1cc([N+](=O)[O-])cc1C(=O)NCCOC1CCNCC1. The van der Waals surface area contributed by atoms with Crippen molar-refractivity contribution in [3.8, 4) is 0 Å². The molecule has 1 aromatic rings. The molecule has 8 heteroatoms. The monoisotopic (exact) mass is 296 g/mol. The average Bonchev–Trinajstić information content (AvgIpc) is 2.87. The average molecular weight is 296 g/mol. The van der Waals surface area contributed by atoms with E-state index < -0.39 is 4.92 Å². The molecule has 1 aliphatic rings. The first-order valence-corrected chi connectivity index (χ1v) is 6.99. The summed E-state index contributed by atoms with van der Waals surface area (Å²) < 4.78 is 7.12. The van der Waals surface area contributed by atoms with Crippen LogP contribution < -0.4 is 10.6 Å². The summed E-state index contributed by atoms with van der Waals surface area (Å²) in [5.41, 5.74) is 0.178. The van der Waals surface area contributed by atoms with Crippen LogP contribution in [-0.2, 0) is 11.8 Å². The van der Waals surface area contributed by atoms with Gasteiger partial charge in [-0.25, -0.2) is 0 Å². The van der Waals surface area contributed by atoms with Crippen LogP contribution in [0.25, 0.3) is 0 Å². The number of nitrogens with one attached hydrogen (secondary N) is 2. The Morgan fingerprint density at radius 3 is 2.90 bits per heavy atom. The molecule has 0 aliphatic carbocycles. The highest BCUT2D eigenvalue weighted by Gasteiger charge is 2.17. The van der Waals surface area contributed by atoms with Crippen molar-refractivity contribution < 1.29 is 14.5 Å². The zero-order valence-corrected chi connectivity index (χ0v) is 12.0. The van der Waals surface area contributed by atoms with Crippen molar-refractivity contribution in [2.24, 2.45) is 7.05 Å². The molecule has 1 fully saturated rings. The predicted molar refractivity (Wildman–Crippen MR) is 76.2 cm³/mol. The minimum absolute atomic E-state index is 0.0893. The van der Waals surface area contributed by atoms with Crippen LogP contribution in [0.1, 0.15) is 23.3 Å². The molecule has 0 saturated carbocycles. The normalized spacial score (nSPS) is 15.9. The molecule has 1 aliphatic heterocycles. The first-order chi connectivity index (χ1) is 10.1. The molecule has 1 aromatic heterocycles. The zero-order valence-electron chi connectivity index (χ0n) is 12.0. The number of aromatic nitrogens is 1. The number of carbonyl (C=O) groups is 1. The number of piperidine rings is 1. The molecule has 2 rings (SSSR count). The molecule has 1 saturated heterocycles. The Labute approximate surface area is 122 Å². The van der Waals surface area contributed by atoms with Crippen LogP contribution >= 0.6 is 0 Å². The highest BCUT2D eigenvalue weighted by molar-refractivity contribution is 5.93. The van der Waals surface area contributed by atoms with Crippen LogP contribution in [0.2, 0.25) is 0 Å². The molecule has 0 spiro atoms. The largest absolute Gasteiger partial charge is 0.376 e. The lowest BCUT2D eigenvalue weighted by Gasteiger charge is -2.22. The van der Waals surface area contributed by atoms with Crippen molar-refractivity contribution in [2.75, 3.05) is 26.2 Å². The number of nitro groups is 1. The Hall–Kier alpha value is -1.93. The quantitative estimate of drug-likeness (QED) is 0.451. The van der Waals surface area contributed by atoms with E-state index in [1.807, 2.05) is 0 Å². The van der Waals surface area contributed by atoms with Gasteiger partial charge in [0.1, 0.15) is 5.69 Å². The van der Waals surface area contributed by atoms with Crippen molar-refractivity contribution in [3.63, 3.8) is 0 Å². The van der Waals surface area contributed by atoms with Gasteiger partial charge < -0.3 is 19.9 Å². The smallest absolute Gasteiger partial charge is 0.287 e. The fraction of sp³-hybridized carbons (Fsp3) is 0.615. The summed E-state index contributed by atoms with van der Waals surface area (Å²) in [5, 5.41) is 16.6.